The molecule has 0 spiro atoms. The SMILES string of the molecule is CC(Oc1ccc(F)c(F)c1)C(=O)NCC1CCCNC1.Cl. The van der Waals surface area contributed by atoms with Crippen LogP contribution < -0.4 is 15.4 Å². The summed E-state index contributed by atoms with van der Waals surface area (Å²) in [5, 5.41) is 6.11. The molecule has 1 amide bonds. The number of rotatable bonds is 5. The molecule has 1 aromatic rings. The van der Waals surface area contributed by atoms with Crippen molar-refractivity contribution in [2.45, 2.75) is 25.9 Å². The monoisotopic (exact) mass is 334 g/mol. The lowest BCUT2D eigenvalue weighted by Crippen LogP contribution is -2.42. The second-order valence-corrected chi connectivity index (χ2v) is 5.29. The number of hydrogen-bond acceptors (Lipinski definition) is 3. The van der Waals surface area contributed by atoms with Gasteiger partial charge in [-0.15, -0.1) is 12.4 Å². The molecule has 0 bridgehead atoms. The highest BCUT2D eigenvalue weighted by Gasteiger charge is 2.18. The van der Waals surface area contributed by atoms with Gasteiger partial charge in [-0.3, -0.25) is 4.79 Å². The van der Waals surface area contributed by atoms with Crippen LogP contribution in [-0.4, -0.2) is 31.6 Å². The van der Waals surface area contributed by atoms with Gasteiger partial charge in [0.15, 0.2) is 17.7 Å². The molecule has 2 unspecified atom stereocenters. The lowest BCUT2D eigenvalue weighted by Gasteiger charge is -2.23. The topological polar surface area (TPSA) is 50.4 Å². The first-order chi connectivity index (χ1) is 10.1. The maximum atomic E-state index is 13.1. The number of piperidine rings is 1. The van der Waals surface area contributed by atoms with E-state index in [0.717, 1.165) is 38.1 Å². The first-order valence-corrected chi connectivity index (χ1v) is 7.16. The summed E-state index contributed by atoms with van der Waals surface area (Å²) in [5.74, 6) is -1.63. The Labute approximate surface area is 135 Å². The number of nitrogens with one attached hydrogen (secondary N) is 2. The van der Waals surface area contributed by atoms with Crippen LogP contribution in [0.3, 0.4) is 0 Å². The van der Waals surface area contributed by atoms with Gasteiger partial charge in [0.05, 0.1) is 0 Å². The third-order valence-electron chi connectivity index (χ3n) is 3.54. The van der Waals surface area contributed by atoms with E-state index in [1.54, 1.807) is 6.92 Å². The fourth-order valence-electron chi connectivity index (χ4n) is 2.29. The lowest BCUT2D eigenvalue weighted by atomic mass is 10.00. The van der Waals surface area contributed by atoms with Crippen LogP contribution in [0.1, 0.15) is 19.8 Å². The average Bonchev–Trinajstić information content (AvgIpc) is 2.49. The third kappa shape index (κ3) is 5.42. The molecule has 1 fully saturated rings. The smallest absolute Gasteiger partial charge is 0.260 e. The van der Waals surface area contributed by atoms with E-state index >= 15 is 0 Å². The zero-order valence-electron chi connectivity index (χ0n) is 12.4. The van der Waals surface area contributed by atoms with Crippen LogP contribution in [0, 0.1) is 17.6 Å². The molecule has 2 atom stereocenters. The zero-order valence-corrected chi connectivity index (χ0v) is 13.2. The second kappa shape index (κ2) is 8.90. The van der Waals surface area contributed by atoms with E-state index in [9.17, 15) is 13.6 Å². The van der Waals surface area contributed by atoms with E-state index in [4.69, 9.17) is 4.74 Å². The summed E-state index contributed by atoms with van der Waals surface area (Å²) in [4.78, 5) is 11.9. The molecular formula is C15H21ClF2N2O2. The van der Waals surface area contributed by atoms with Gasteiger partial charge >= 0.3 is 0 Å². The van der Waals surface area contributed by atoms with E-state index in [2.05, 4.69) is 10.6 Å². The predicted molar refractivity (Wildman–Crippen MR) is 82.3 cm³/mol. The van der Waals surface area contributed by atoms with Gasteiger partial charge in [-0.2, -0.15) is 0 Å². The second-order valence-electron chi connectivity index (χ2n) is 5.29. The third-order valence-corrected chi connectivity index (χ3v) is 3.54. The van der Waals surface area contributed by atoms with Gasteiger partial charge < -0.3 is 15.4 Å². The maximum Gasteiger partial charge on any atom is 0.260 e. The van der Waals surface area contributed by atoms with Gasteiger partial charge in [0.25, 0.3) is 5.91 Å². The van der Waals surface area contributed by atoms with Crippen molar-refractivity contribution >= 4 is 18.3 Å². The summed E-state index contributed by atoms with van der Waals surface area (Å²) in [5.41, 5.74) is 0. The number of amides is 1. The van der Waals surface area contributed by atoms with Gasteiger partial charge in [0.2, 0.25) is 0 Å². The Morgan fingerprint density at radius 3 is 2.86 bits per heavy atom. The Balaban J connectivity index is 0.00000242. The Kier molecular flexibility index (Phi) is 7.55. The average molecular weight is 335 g/mol. The van der Waals surface area contributed by atoms with Crippen molar-refractivity contribution in [3.63, 3.8) is 0 Å². The van der Waals surface area contributed by atoms with Crippen LogP contribution >= 0.6 is 12.4 Å². The molecule has 1 saturated heterocycles. The van der Waals surface area contributed by atoms with Crippen molar-refractivity contribution in [2.24, 2.45) is 5.92 Å². The Morgan fingerprint density at radius 2 is 2.23 bits per heavy atom. The number of carbonyl (C=O) groups is 1. The first-order valence-electron chi connectivity index (χ1n) is 7.16. The number of hydrogen-bond donors (Lipinski definition) is 2. The van der Waals surface area contributed by atoms with Gasteiger partial charge in [0, 0.05) is 12.6 Å². The Hall–Kier alpha value is -1.40. The molecular weight excluding hydrogens is 314 g/mol. The normalized spacial score (nSPS) is 19.0. The molecule has 1 aliphatic rings. The van der Waals surface area contributed by atoms with Crippen LogP contribution in [0.5, 0.6) is 5.75 Å². The van der Waals surface area contributed by atoms with Crippen molar-refractivity contribution in [3.05, 3.63) is 29.8 Å². The molecule has 1 heterocycles. The fraction of sp³-hybridized carbons (Fsp3) is 0.533. The fourth-order valence-corrected chi connectivity index (χ4v) is 2.29. The molecule has 0 saturated carbocycles. The predicted octanol–water partition coefficient (Wildman–Crippen LogP) is 2.27. The molecule has 1 aromatic carbocycles. The minimum Gasteiger partial charge on any atom is -0.481 e. The van der Waals surface area contributed by atoms with Gasteiger partial charge in [-0.1, -0.05) is 0 Å². The molecule has 0 aromatic heterocycles. The number of carbonyl (C=O) groups excluding carboxylic acids is 1. The number of ether oxygens (including phenoxy) is 1. The molecule has 0 radical (unpaired) electrons. The highest BCUT2D eigenvalue weighted by Crippen LogP contribution is 2.17. The van der Waals surface area contributed by atoms with Crippen LogP contribution in [0.4, 0.5) is 8.78 Å². The summed E-state index contributed by atoms with van der Waals surface area (Å²) < 4.78 is 31.2. The van der Waals surface area contributed by atoms with Crippen molar-refractivity contribution in [1.82, 2.24) is 10.6 Å². The van der Waals surface area contributed by atoms with Gasteiger partial charge in [-0.25, -0.2) is 8.78 Å². The molecule has 0 aliphatic carbocycles. The first kappa shape index (κ1) is 18.6. The molecule has 22 heavy (non-hydrogen) atoms. The summed E-state index contributed by atoms with van der Waals surface area (Å²) in [6, 6.07) is 3.21. The van der Waals surface area contributed by atoms with Crippen molar-refractivity contribution < 1.29 is 18.3 Å². The van der Waals surface area contributed by atoms with E-state index < -0.39 is 17.7 Å². The summed E-state index contributed by atoms with van der Waals surface area (Å²) in [7, 11) is 0. The molecule has 1 aliphatic heterocycles. The highest BCUT2D eigenvalue weighted by molar-refractivity contribution is 5.85. The number of halogens is 3. The molecule has 2 rings (SSSR count). The van der Waals surface area contributed by atoms with E-state index in [0.29, 0.717) is 12.5 Å². The van der Waals surface area contributed by atoms with E-state index in [1.807, 2.05) is 0 Å². The summed E-state index contributed by atoms with van der Waals surface area (Å²) in [6.07, 6.45) is 1.44. The Morgan fingerprint density at radius 1 is 1.45 bits per heavy atom. The summed E-state index contributed by atoms with van der Waals surface area (Å²) in [6.45, 7) is 4.10. The molecule has 4 nitrogen and oxygen atoms in total. The van der Waals surface area contributed by atoms with Gasteiger partial charge in [0.1, 0.15) is 5.75 Å². The van der Waals surface area contributed by atoms with E-state index in [1.165, 1.54) is 6.07 Å². The van der Waals surface area contributed by atoms with Crippen LogP contribution in [0.2, 0.25) is 0 Å². The molecule has 124 valence electrons. The largest absolute Gasteiger partial charge is 0.481 e. The molecule has 7 heteroatoms. The standard InChI is InChI=1S/C15H20F2N2O2.ClH/c1-10(21-12-4-5-13(16)14(17)7-12)15(20)19-9-11-3-2-6-18-8-11;/h4-5,7,10-11,18H,2-3,6,8-9H2,1H3,(H,19,20);1H. The van der Waals surface area contributed by atoms with Gasteiger partial charge in [-0.05, 0) is 50.9 Å². The summed E-state index contributed by atoms with van der Waals surface area (Å²) >= 11 is 0. The minimum absolute atomic E-state index is 0. The zero-order chi connectivity index (χ0) is 15.2. The van der Waals surface area contributed by atoms with Crippen molar-refractivity contribution in [1.29, 1.82) is 0 Å². The van der Waals surface area contributed by atoms with Crippen LogP contribution in [0.25, 0.3) is 0 Å². The van der Waals surface area contributed by atoms with Crippen molar-refractivity contribution in [3.8, 4) is 5.75 Å². The Bertz CT molecular complexity index is 496. The minimum atomic E-state index is -0.992. The van der Waals surface area contributed by atoms with E-state index in [-0.39, 0.29) is 24.1 Å². The van der Waals surface area contributed by atoms with Crippen LogP contribution in [-0.2, 0) is 4.79 Å². The molecule has 2 N–H and O–H groups in total. The lowest BCUT2D eigenvalue weighted by molar-refractivity contribution is -0.127. The van der Waals surface area contributed by atoms with Crippen molar-refractivity contribution in [2.75, 3.05) is 19.6 Å². The highest BCUT2D eigenvalue weighted by atomic mass is 35.5. The number of benzene rings is 1. The quantitative estimate of drug-likeness (QED) is 0.868. The maximum absolute atomic E-state index is 13.1. The van der Waals surface area contributed by atoms with Crippen LogP contribution in [0.15, 0.2) is 18.2 Å².